The molecule has 0 aliphatic rings. The highest BCUT2D eigenvalue weighted by atomic mass is 79.9. The van der Waals surface area contributed by atoms with Crippen LogP contribution in [0.2, 0.25) is 10.0 Å². The number of H-pyrrole nitrogens is 3. The predicted molar refractivity (Wildman–Crippen MR) is 206 cm³/mol. The van der Waals surface area contributed by atoms with Gasteiger partial charge in [0.05, 0.1) is 65.7 Å². The minimum Gasteiger partial charge on any atom is -0.369 e. The Hall–Kier alpha value is -3.77. The van der Waals surface area contributed by atoms with Crippen molar-refractivity contribution < 1.29 is 0 Å². The van der Waals surface area contributed by atoms with Gasteiger partial charge in [0.1, 0.15) is 0 Å². The second kappa shape index (κ2) is 19.3. The normalized spacial score (nSPS) is 10.4. The van der Waals surface area contributed by atoms with Gasteiger partial charge in [0, 0.05) is 64.7 Å². The SMILES string of the molecule is CCN(Cc1cnc[nH]1)c1ccc(Cl)c(Cl)c1.CCN(Cc1cnc[nH]1)c1cccc(Br)c1.CN(Cc1cnc[nH]1)c1cccc(Br)c1. The third-order valence-corrected chi connectivity index (χ3v) is 8.97. The van der Waals surface area contributed by atoms with Crippen molar-refractivity contribution >= 4 is 72.1 Å². The Morgan fingerprint density at radius 3 is 1.48 bits per heavy atom. The largest absolute Gasteiger partial charge is 0.369 e. The van der Waals surface area contributed by atoms with Gasteiger partial charge in [-0.05, 0) is 68.4 Å². The van der Waals surface area contributed by atoms with E-state index in [1.807, 2.05) is 55.0 Å². The van der Waals surface area contributed by atoms with Crippen molar-refractivity contribution in [3.63, 3.8) is 0 Å². The monoisotopic (exact) mass is 813 g/mol. The van der Waals surface area contributed by atoms with Crippen molar-refractivity contribution in [3.05, 3.63) is 140 Å². The highest BCUT2D eigenvalue weighted by Gasteiger charge is 2.09. The lowest BCUT2D eigenvalue weighted by molar-refractivity contribution is 0.814. The van der Waals surface area contributed by atoms with E-state index in [9.17, 15) is 0 Å². The van der Waals surface area contributed by atoms with Gasteiger partial charge in [0.15, 0.2) is 0 Å². The van der Waals surface area contributed by atoms with Gasteiger partial charge in [-0.2, -0.15) is 0 Å². The van der Waals surface area contributed by atoms with Crippen molar-refractivity contribution in [1.29, 1.82) is 0 Å². The Morgan fingerprint density at radius 2 is 1.04 bits per heavy atom. The Balaban J connectivity index is 0.000000163. The molecule has 9 nitrogen and oxygen atoms in total. The van der Waals surface area contributed by atoms with E-state index in [-0.39, 0.29) is 0 Å². The summed E-state index contributed by atoms with van der Waals surface area (Å²) in [6.07, 6.45) is 10.6. The smallest absolute Gasteiger partial charge is 0.0922 e. The minimum absolute atomic E-state index is 0.576. The van der Waals surface area contributed by atoms with E-state index in [1.54, 1.807) is 19.0 Å². The zero-order valence-electron chi connectivity index (χ0n) is 27.0. The van der Waals surface area contributed by atoms with E-state index in [2.05, 4.69) is 128 Å². The van der Waals surface area contributed by atoms with E-state index in [4.69, 9.17) is 23.2 Å². The quantitative estimate of drug-likeness (QED) is 0.121. The van der Waals surface area contributed by atoms with Crippen LogP contribution >= 0.6 is 55.1 Å². The molecule has 3 aromatic carbocycles. The zero-order valence-corrected chi connectivity index (χ0v) is 31.7. The fourth-order valence-electron chi connectivity index (χ4n) is 4.71. The van der Waals surface area contributed by atoms with E-state index in [0.29, 0.717) is 10.0 Å². The average molecular weight is 816 g/mol. The third-order valence-electron chi connectivity index (χ3n) is 7.25. The number of aromatic amines is 3. The molecule has 0 atom stereocenters. The molecule has 0 aliphatic heterocycles. The molecule has 252 valence electrons. The number of aromatic nitrogens is 6. The fourth-order valence-corrected chi connectivity index (χ4v) is 5.78. The number of nitrogens with zero attached hydrogens (tertiary/aromatic N) is 6. The van der Waals surface area contributed by atoms with Crippen LogP contribution in [0.1, 0.15) is 30.9 Å². The first-order valence-corrected chi connectivity index (χ1v) is 17.7. The van der Waals surface area contributed by atoms with Crippen molar-refractivity contribution in [3.8, 4) is 0 Å². The molecule has 0 bridgehead atoms. The van der Waals surface area contributed by atoms with Crippen LogP contribution in [0.4, 0.5) is 17.1 Å². The van der Waals surface area contributed by atoms with Gasteiger partial charge >= 0.3 is 0 Å². The molecule has 13 heteroatoms. The second-order valence-corrected chi connectivity index (χ2v) is 13.3. The number of nitrogens with one attached hydrogen (secondary N) is 3. The summed E-state index contributed by atoms with van der Waals surface area (Å²) >= 11 is 18.9. The summed E-state index contributed by atoms with van der Waals surface area (Å²) in [5.41, 5.74) is 6.75. The Labute approximate surface area is 309 Å². The first-order valence-electron chi connectivity index (χ1n) is 15.3. The van der Waals surface area contributed by atoms with E-state index in [0.717, 1.165) is 64.4 Å². The van der Waals surface area contributed by atoms with E-state index in [1.165, 1.54) is 11.4 Å². The van der Waals surface area contributed by atoms with E-state index < -0.39 is 0 Å². The van der Waals surface area contributed by atoms with Crippen molar-refractivity contribution in [2.45, 2.75) is 33.5 Å². The molecule has 48 heavy (non-hydrogen) atoms. The van der Waals surface area contributed by atoms with Crippen LogP contribution in [-0.2, 0) is 19.6 Å². The van der Waals surface area contributed by atoms with Crippen molar-refractivity contribution in [2.75, 3.05) is 34.8 Å². The number of imidazole rings is 3. The standard InChI is InChI=1S/C12H14BrN3.C12H13Cl2N3.C11H12BrN3/c1-2-16(8-11-7-14-9-15-11)12-5-3-4-10(13)6-12;1-2-17(7-9-6-15-8-16-9)10-3-4-11(13)12(14)5-10;1-15(7-10-6-13-8-14-10)11-4-2-3-9(12)5-11/h3-7,9H,2,8H2,1H3,(H,14,15);3-6,8H,2,7H2,1H3,(H,15,16);2-6,8H,7H2,1H3,(H,13,14). The maximum Gasteiger partial charge on any atom is 0.0922 e. The molecule has 3 aromatic heterocycles. The molecule has 0 saturated carbocycles. The highest BCUT2D eigenvalue weighted by Crippen LogP contribution is 2.28. The summed E-state index contributed by atoms with van der Waals surface area (Å²) in [6.45, 7) is 8.56. The van der Waals surface area contributed by atoms with Crippen molar-refractivity contribution in [1.82, 2.24) is 29.9 Å². The van der Waals surface area contributed by atoms with Gasteiger partial charge in [-0.25, -0.2) is 15.0 Å². The first kappa shape index (κ1) is 37.1. The number of rotatable bonds is 11. The van der Waals surface area contributed by atoms with Gasteiger partial charge in [-0.1, -0.05) is 67.2 Å². The molecule has 3 N–H and O–H groups in total. The molecule has 6 aromatic rings. The molecular formula is C35H39Br2Cl2N9. The van der Waals surface area contributed by atoms with Gasteiger partial charge in [-0.3, -0.25) is 0 Å². The maximum atomic E-state index is 6.02. The summed E-state index contributed by atoms with van der Waals surface area (Å²) in [5.74, 6) is 0. The third kappa shape index (κ3) is 11.7. The number of hydrogen-bond acceptors (Lipinski definition) is 6. The predicted octanol–water partition coefficient (Wildman–Crippen LogP) is 9.75. The van der Waals surface area contributed by atoms with Gasteiger partial charge < -0.3 is 29.7 Å². The molecule has 0 radical (unpaired) electrons. The molecule has 0 saturated heterocycles. The molecule has 0 aliphatic carbocycles. The van der Waals surface area contributed by atoms with Gasteiger partial charge in [-0.15, -0.1) is 0 Å². The summed E-state index contributed by atoms with van der Waals surface area (Å²) in [7, 11) is 2.06. The van der Waals surface area contributed by atoms with Crippen molar-refractivity contribution in [2.24, 2.45) is 0 Å². The fraction of sp³-hybridized carbons (Fsp3) is 0.229. The Bertz CT molecular complexity index is 1770. The summed E-state index contributed by atoms with van der Waals surface area (Å²) in [5, 5.41) is 1.15. The second-order valence-electron chi connectivity index (χ2n) is 10.7. The van der Waals surface area contributed by atoms with Crippen LogP contribution in [0.25, 0.3) is 0 Å². The summed E-state index contributed by atoms with van der Waals surface area (Å²) in [6, 6.07) is 22.2. The summed E-state index contributed by atoms with van der Waals surface area (Å²) < 4.78 is 2.20. The summed E-state index contributed by atoms with van der Waals surface area (Å²) in [4.78, 5) is 28.0. The van der Waals surface area contributed by atoms with Crippen LogP contribution < -0.4 is 14.7 Å². The van der Waals surface area contributed by atoms with Gasteiger partial charge in [0.25, 0.3) is 0 Å². The lowest BCUT2D eigenvalue weighted by Crippen LogP contribution is -2.22. The molecule has 0 unspecified atom stereocenters. The van der Waals surface area contributed by atoms with Crippen LogP contribution in [-0.4, -0.2) is 50.0 Å². The van der Waals surface area contributed by atoms with Crippen LogP contribution in [0.5, 0.6) is 0 Å². The lowest BCUT2D eigenvalue weighted by atomic mass is 10.2. The zero-order chi connectivity index (χ0) is 34.3. The van der Waals surface area contributed by atoms with Crippen LogP contribution in [0, 0.1) is 0 Å². The van der Waals surface area contributed by atoms with Crippen LogP contribution in [0.3, 0.4) is 0 Å². The molecule has 0 amide bonds. The number of hydrogen-bond donors (Lipinski definition) is 3. The Kier molecular flexibility index (Phi) is 14.9. The molecular weight excluding hydrogens is 777 g/mol. The topological polar surface area (TPSA) is 95.8 Å². The average Bonchev–Trinajstić information content (AvgIpc) is 3.90. The minimum atomic E-state index is 0.576. The van der Waals surface area contributed by atoms with Gasteiger partial charge in [0.2, 0.25) is 0 Å². The maximum absolute atomic E-state index is 6.02. The highest BCUT2D eigenvalue weighted by molar-refractivity contribution is 9.10. The number of halogens is 4. The molecule has 0 fully saturated rings. The molecule has 3 heterocycles. The lowest BCUT2D eigenvalue weighted by Gasteiger charge is -2.22. The number of anilines is 3. The first-order chi connectivity index (χ1) is 23.2. The van der Waals surface area contributed by atoms with E-state index >= 15 is 0 Å². The Morgan fingerprint density at radius 1 is 0.583 bits per heavy atom. The number of benzene rings is 3. The van der Waals surface area contributed by atoms with Crippen LogP contribution in [0.15, 0.2) is 113 Å². The molecule has 6 rings (SSSR count). The molecule has 0 spiro atoms.